The lowest BCUT2D eigenvalue weighted by molar-refractivity contribution is 0.578. The van der Waals surface area contributed by atoms with Crippen molar-refractivity contribution in [1.29, 1.82) is 5.26 Å². The van der Waals surface area contributed by atoms with Crippen LogP contribution in [0.25, 0.3) is 0 Å². The van der Waals surface area contributed by atoms with Crippen molar-refractivity contribution in [2.75, 3.05) is 24.5 Å². The number of benzene rings is 1. The minimum absolute atomic E-state index is 0.592. The summed E-state index contributed by atoms with van der Waals surface area (Å²) in [6.07, 6.45) is 1.25. The van der Waals surface area contributed by atoms with E-state index in [1.54, 1.807) is 0 Å². The highest BCUT2D eigenvalue weighted by atomic mass is 15.2. The fraction of sp³-hybridized carbons (Fsp3) is 0.462. The minimum Gasteiger partial charge on any atom is -0.366 e. The van der Waals surface area contributed by atoms with Crippen LogP contribution in [0, 0.1) is 17.2 Å². The molecule has 3 rings (SSSR count). The van der Waals surface area contributed by atoms with Crippen molar-refractivity contribution in [2.45, 2.75) is 12.5 Å². The SMILES string of the molecule is N#Cc1ccccc1N1CC[C@H]2CNC[C@H]21. The number of rotatable bonds is 1. The first kappa shape index (κ1) is 9.68. The zero-order chi connectivity index (χ0) is 11.0. The summed E-state index contributed by atoms with van der Waals surface area (Å²) in [5.41, 5.74) is 1.91. The van der Waals surface area contributed by atoms with Gasteiger partial charge in [-0.3, -0.25) is 0 Å². The summed E-state index contributed by atoms with van der Waals surface area (Å²) in [5, 5.41) is 12.6. The Bertz CT molecular complexity index is 435. The molecule has 1 aromatic carbocycles. The number of nitrogens with one attached hydrogen (secondary N) is 1. The molecule has 2 aliphatic heterocycles. The van der Waals surface area contributed by atoms with Gasteiger partial charge in [-0.15, -0.1) is 0 Å². The Morgan fingerprint density at radius 3 is 3.06 bits per heavy atom. The van der Waals surface area contributed by atoms with Gasteiger partial charge in [0.25, 0.3) is 0 Å². The lowest BCUT2D eigenvalue weighted by Gasteiger charge is -2.26. The highest BCUT2D eigenvalue weighted by Gasteiger charge is 2.38. The third-order valence-electron chi connectivity index (χ3n) is 3.78. The van der Waals surface area contributed by atoms with Gasteiger partial charge < -0.3 is 10.2 Å². The van der Waals surface area contributed by atoms with Crippen LogP contribution in [-0.2, 0) is 0 Å². The predicted molar refractivity (Wildman–Crippen MR) is 63.3 cm³/mol. The Morgan fingerprint density at radius 2 is 2.19 bits per heavy atom. The maximum atomic E-state index is 9.13. The third-order valence-corrected chi connectivity index (χ3v) is 3.78. The Labute approximate surface area is 95.7 Å². The van der Waals surface area contributed by atoms with Gasteiger partial charge in [-0.1, -0.05) is 12.1 Å². The molecule has 2 saturated heterocycles. The monoisotopic (exact) mass is 213 g/mol. The van der Waals surface area contributed by atoms with Crippen molar-refractivity contribution in [3.05, 3.63) is 29.8 Å². The third kappa shape index (κ3) is 1.38. The number of anilines is 1. The molecule has 3 nitrogen and oxygen atoms in total. The van der Waals surface area contributed by atoms with E-state index in [2.05, 4.69) is 22.4 Å². The van der Waals surface area contributed by atoms with Crippen molar-refractivity contribution in [2.24, 2.45) is 5.92 Å². The zero-order valence-electron chi connectivity index (χ0n) is 9.19. The van der Waals surface area contributed by atoms with Gasteiger partial charge in [0.15, 0.2) is 0 Å². The van der Waals surface area contributed by atoms with Gasteiger partial charge in [-0.05, 0) is 24.5 Å². The van der Waals surface area contributed by atoms with Crippen LogP contribution in [0.3, 0.4) is 0 Å². The quantitative estimate of drug-likeness (QED) is 0.765. The van der Waals surface area contributed by atoms with Crippen molar-refractivity contribution in [3.8, 4) is 6.07 Å². The topological polar surface area (TPSA) is 39.1 Å². The number of hydrogen-bond donors (Lipinski definition) is 1. The van der Waals surface area contributed by atoms with E-state index in [0.29, 0.717) is 6.04 Å². The number of para-hydroxylation sites is 1. The molecule has 82 valence electrons. The fourth-order valence-electron chi connectivity index (χ4n) is 2.97. The fourth-order valence-corrected chi connectivity index (χ4v) is 2.97. The second-order valence-electron chi connectivity index (χ2n) is 4.60. The molecule has 0 unspecified atom stereocenters. The average molecular weight is 213 g/mol. The van der Waals surface area contributed by atoms with Gasteiger partial charge in [-0.2, -0.15) is 5.26 Å². The summed E-state index contributed by atoms with van der Waals surface area (Å²) in [6.45, 7) is 3.29. The summed E-state index contributed by atoms with van der Waals surface area (Å²) in [6, 6.07) is 10.8. The van der Waals surface area contributed by atoms with Crippen molar-refractivity contribution >= 4 is 5.69 Å². The highest BCUT2D eigenvalue weighted by molar-refractivity contribution is 5.60. The molecule has 0 aromatic heterocycles. The molecule has 1 aromatic rings. The Balaban J connectivity index is 1.95. The molecular formula is C13H15N3. The molecule has 0 bridgehead atoms. The first-order valence-electron chi connectivity index (χ1n) is 5.86. The molecule has 0 spiro atoms. The lowest BCUT2D eigenvalue weighted by Crippen LogP contribution is -2.34. The number of fused-ring (bicyclic) bond motifs is 1. The van der Waals surface area contributed by atoms with Crippen LogP contribution in [0.5, 0.6) is 0 Å². The van der Waals surface area contributed by atoms with Crippen molar-refractivity contribution in [1.82, 2.24) is 5.32 Å². The molecule has 3 heteroatoms. The molecule has 1 N–H and O–H groups in total. The van der Waals surface area contributed by atoms with E-state index < -0.39 is 0 Å². The summed E-state index contributed by atoms with van der Waals surface area (Å²) in [7, 11) is 0. The number of nitriles is 1. The van der Waals surface area contributed by atoms with Crippen LogP contribution < -0.4 is 10.2 Å². The summed E-state index contributed by atoms with van der Waals surface area (Å²) in [5.74, 6) is 0.770. The van der Waals surface area contributed by atoms with Gasteiger partial charge in [0.1, 0.15) is 6.07 Å². The van der Waals surface area contributed by atoms with Crippen LogP contribution in [0.15, 0.2) is 24.3 Å². The molecule has 0 amide bonds. The van der Waals surface area contributed by atoms with Gasteiger partial charge in [0.05, 0.1) is 11.3 Å². The molecule has 0 saturated carbocycles. The Morgan fingerprint density at radius 1 is 1.31 bits per heavy atom. The van der Waals surface area contributed by atoms with E-state index in [1.807, 2.05) is 18.2 Å². The van der Waals surface area contributed by atoms with Gasteiger partial charge in [0, 0.05) is 25.7 Å². The number of hydrogen-bond acceptors (Lipinski definition) is 3. The molecule has 2 fully saturated rings. The average Bonchev–Trinajstić information content (AvgIpc) is 2.91. The molecule has 2 heterocycles. The number of nitrogens with zero attached hydrogens (tertiary/aromatic N) is 2. The maximum Gasteiger partial charge on any atom is 0.101 e. The van der Waals surface area contributed by atoms with Crippen LogP contribution in [0.4, 0.5) is 5.69 Å². The van der Waals surface area contributed by atoms with Crippen LogP contribution in [0.1, 0.15) is 12.0 Å². The molecule has 2 atom stereocenters. The Kier molecular flexibility index (Phi) is 2.30. The van der Waals surface area contributed by atoms with Crippen molar-refractivity contribution < 1.29 is 0 Å². The second kappa shape index (κ2) is 3.80. The summed E-state index contributed by atoms with van der Waals surface area (Å²) < 4.78 is 0. The second-order valence-corrected chi connectivity index (χ2v) is 4.60. The molecule has 0 aliphatic carbocycles. The van der Waals surface area contributed by atoms with E-state index in [4.69, 9.17) is 5.26 Å². The van der Waals surface area contributed by atoms with Gasteiger partial charge in [0.2, 0.25) is 0 Å². The van der Waals surface area contributed by atoms with Gasteiger partial charge >= 0.3 is 0 Å². The van der Waals surface area contributed by atoms with Gasteiger partial charge in [-0.25, -0.2) is 0 Å². The van der Waals surface area contributed by atoms with Crippen LogP contribution in [-0.4, -0.2) is 25.7 Å². The smallest absolute Gasteiger partial charge is 0.101 e. The molecular weight excluding hydrogens is 198 g/mol. The molecule has 2 aliphatic rings. The van der Waals surface area contributed by atoms with Crippen LogP contribution in [0.2, 0.25) is 0 Å². The predicted octanol–water partition coefficient (Wildman–Crippen LogP) is 1.36. The van der Waals surface area contributed by atoms with E-state index in [0.717, 1.165) is 36.8 Å². The summed E-state index contributed by atoms with van der Waals surface area (Å²) in [4.78, 5) is 2.41. The first-order chi connectivity index (χ1) is 7.90. The largest absolute Gasteiger partial charge is 0.366 e. The first-order valence-corrected chi connectivity index (χ1v) is 5.86. The standard InChI is InChI=1S/C13H15N3/c14-7-10-3-1-2-4-12(10)16-6-5-11-8-15-9-13(11)16/h1-4,11,13,15H,5-6,8-9H2/t11-,13+/m0/s1. The Hall–Kier alpha value is -1.53. The van der Waals surface area contributed by atoms with E-state index >= 15 is 0 Å². The van der Waals surface area contributed by atoms with E-state index in [9.17, 15) is 0 Å². The molecule has 16 heavy (non-hydrogen) atoms. The normalized spacial score (nSPS) is 27.8. The van der Waals surface area contributed by atoms with Crippen molar-refractivity contribution in [3.63, 3.8) is 0 Å². The van der Waals surface area contributed by atoms with E-state index in [-0.39, 0.29) is 0 Å². The lowest BCUT2D eigenvalue weighted by atomic mass is 10.0. The summed E-state index contributed by atoms with van der Waals surface area (Å²) >= 11 is 0. The van der Waals surface area contributed by atoms with E-state index in [1.165, 1.54) is 6.42 Å². The maximum absolute atomic E-state index is 9.13. The van der Waals surface area contributed by atoms with Crippen LogP contribution >= 0.6 is 0 Å². The highest BCUT2D eigenvalue weighted by Crippen LogP contribution is 2.33. The zero-order valence-corrected chi connectivity index (χ0v) is 9.19. The molecule has 0 radical (unpaired) electrons. The minimum atomic E-state index is 0.592.